The number of para-hydroxylation sites is 2. The predicted octanol–water partition coefficient (Wildman–Crippen LogP) is 3.24. The molecule has 29 heavy (non-hydrogen) atoms. The van der Waals surface area contributed by atoms with Crippen molar-refractivity contribution < 1.29 is 9.53 Å². The monoisotopic (exact) mass is 395 g/mol. The Hall–Kier alpha value is -2.67. The first-order valence-electron chi connectivity index (χ1n) is 10.4. The van der Waals surface area contributed by atoms with E-state index in [-0.39, 0.29) is 5.91 Å². The molecule has 0 aliphatic carbocycles. The summed E-state index contributed by atoms with van der Waals surface area (Å²) in [7, 11) is 0. The number of hydrogen-bond donors (Lipinski definition) is 1. The zero-order valence-corrected chi connectivity index (χ0v) is 17.2. The van der Waals surface area contributed by atoms with Crippen LogP contribution in [0.4, 0.5) is 17.3 Å². The molecule has 1 aromatic heterocycles. The number of aromatic nitrogens is 2. The van der Waals surface area contributed by atoms with Crippen LogP contribution in [0.3, 0.4) is 0 Å². The van der Waals surface area contributed by atoms with Crippen LogP contribution in [0, 0.1) is 12.8 Å². The fourth-order valence-corrected chi connectivity index (χ4v) is 3.89. The molecule has 1 N–H and O–H groups in total. The quantitative estimate of drug-likeness (QED) is 0.857. The molecule has 0 saturated carbocycles. The van der Waals surface area contributed by atoms with E-state index in [1.54, 1.807) is 6.07 Å². The number of morpholine rings is 1. The lowest BCUT2D eigenvalue weighted by Crippen LogP contribution is -2.38. The molecule has 3 heterocycles. The molecule has 0 radical (unpaired) electrons. The number of nitrogens with zero attached hydrogens (tertiary/aromatic N) is 4. The molecule has 2 saturated heterocycles. The predicted molar refractivity (Wildman–Crippen MR) is 114 cm³/mol. The van der Waals surface area contributed by atoms with Gasteiger partial charge in [-0.3, -0.25) is 4.79 Å². The van der Waals surface area contributed by atoms with Crippen molar-refractivity contribution >= 4 is 23.2 Å². The van der Waals surface area contributed by atoms with Crippen LogP contribution >= 0.6 is 0 Å². The topological polar surface area (TPSA) is 70.6 Å². The van der Waals surface area contributed by atoms with Gasteiger partial charge in [0.15, 0.2) is 0 Å². The molecular weight excluding hydrogens is 366 g/mol. The van der Waals surface area contributed by atoms with Crippen LogP contribution < -0.4 is 10.2 Å². The molecule has 2 aromatic rings. The van der Waals surface area contributed by atoms with Gasteiger partial charge in [-0.15, -0.1) is 0 Å². The largest absolute Gasteiger partial charge is 0.378 e. The molecule has 4 rings (SSSR count). The Balaban J connectivity index is 1.55. The van der Waals surface area contributed by atoms with Crippen LogP contribution in [-0.2, 0) is 4.74 Å². The lowest BCUT2D eigenvalue weighted by molar-refractivity contribution is 0.0691. The van der Waals surface area contributed by atoms with E-state index in [9.17, 15) is 4.79 Å². The van der Waals surface area contributed by atoms with Crippen LogP contribution in [0.2, 0.25) is 0 Å². The van der Waals surface area contributed by atoms with Crippen LogP contribution in [-0.4, -0.2) is 60.2 Å². The number of anilines is 3. The number of carbonyl (C=O) groups is 1. The summed E-state index contributed by atoms with van der Waals surface area (Å²) < 4.78 is 5.47. The molecular formula is C22H29N5O2. The summed E-state index contributed by atoms with van der Waals surface area (Å²) in [5.74, 6) is 1.13. The van der Waals surface area contributed by atoms with Gasteiger partial charge in [0.1, 0.15) is 5.69 Å². The maximum Gasteiger partial charge on any atom is 0.272 e. The fourth-order valence-electron chi connectivity index (χ4n) is 3.89. The average Bonchev–Trinajstić information content (AvgIpc) is 2.74. The third kappa shape index (κ3) is 4.67. The summed E-state index contributed by atoms with van der Waals surface area (Å²) in [6.45, 7) is 8.89. The molecule has 1 amide bonds. The number of hydrogen-bond acceptors (Lipinski definition) is 6. The highest BCUT2D eigenvalue weighted by molar-refractivity contribution is 5.93. The standard InChI is InChI=1S/C22H29N5O2/c1-16-7-9-27(10-8-16)21(28)19-15-17(2)23-22(25-19)24-18-5-3-4-6-20(18)26-11-13-29-14-12-26/h3-6,15-16H,7-14H2,1-2H3,(H,23,24,25). The number of likely N-dealkylation sites (tertiary alicyclic amines) is 1. The van der Waals surface area contributed by atoms with Gasteiger partial charge in [-0.25, -0.2) is 9.97 Å². The number of piperidine rings is 1. The van der Waals surface area contributed by atoms with Crippen molar-refractivity contribution in [3.8, 4) is 0 Å². The highest BCUT2D eigenvalue weighted by Gasteiger charge is 2.23. The molecule has 1 aromatic carbocycles. The Bertz CT molecular complexity index is 858. The van der Waals surface area contributed by atoms with Crippen molar-refractivity contribution in [2.24, 2.45) is 5.92 Å². The number of amides is 1. The van der Waals surface area contributed by atoms with Gasteiger partial charge in [0, 0.05) is 31.9 Å². The summed E-state index contributed by atoms with van der Waals surface area (Å²) in [6.07, 6.45) is 2.10. The van der Waals surface area contributed by atoms with Crippen molar-refractivity contribution in [2.45, 2.75) is 26.7 Å². The van der Waals surface area contributed by atoms with E-state index in [0.717, 1.165) is 69.3 Å². The van der Waals surface area contributed by atoms with E-state index in [1.807, 2.05) is 30.0 Å². The second-order valence-electron chi connectivity index (χ2n) is 7.93. The smallest absolute Gasteiger partial charge is 0.272 e. The van der Waals surface area contributed by atoms with Gasteiger partial charge in [0.25, 0.3) is 5.91 Å². The zero-order chi connectivity index (χ0) is 20.2. The summed E-state index contributed by atoms with van der Waals surface area (Å²) in [5.41, 5.74) is 3.27. The second-order valence-corrected chi connectivity index (χ2v) is 7.93. The van der Waals surface area contributed by atoms with E-state index in [0.29, 0.717) is 17.6 Å². The van der Waals surface area contributed by atoms with Crippen LogP contribution in [0.5, 0.6) is 0 Å². The molecule has 2 fully saturated rings. The summed E-state index contributed by atoms with van der Waals surface area (Å²) in [4.78, 5) is 26.2. The third-order valence-corrected chi connectivity index (χ3v) is 5.65. The van der Waals surface area contributed by atoms with Gasteiger partial charge >= 0.3 is 0 Å². The number of ether oxygens (including phenoxy) is 1. The highest BCUT2D eigenvalue weighted by atomic mass is 16.5. The SMILES string of the molecule is Cc1cc(C(=O)N2CCC(C)CC2)nc(Nc2ccccc2N2CCOCC2)n1. The van der Waals surface area contributed by atoms with Gasteiger partial charge in [-0.05, 0) is 43.9 Å². The van der Waals surface area contributed by atoms with Crippen LogP contribution in [0.15, 0.2) is 30.3 Å². The molecule has 0 spiro atoms. The maximum absolute atomic E-state index is 13.0. The molecule has 0 unspecified atom stereocenters. The van der Waals surface area contributed by atoms with E-state index in [4.69, 9.17) is 4.74 Å². The lowest BCUT2D eigenvalue weighted by atomic mass is 9.99. The van der Waals surface area contributed by atoms with Crippen molar-refractivity contribution in [3.63, 3.8) is 0 Å². The van der Waals surface area contributed by atoms with Crippen LogP contribution in [0.1, 0.15) is 35.9 Å². The number of carbonyl (C=O) groups excluding carboxylic acids is 1. The molecule has 2 aliphatic heterocycles. The number of nitrogens with one attached hydrogen (secondary N) is 1. The minimum Gasteiger partial charge on any atom is -0.378 e. The third-order valence-electron chi connectivity index (χ3n) is 5.65. The van der Waals surface area contributed by atoms with E-state index < -0.39 is 0 Å². The first-order valence-corrected chi connectivity index (χ1v) is 10.4. The number of aryl methyl sites for hydroxylation is 1. The minimum atomic E-state index is -0.00749. The Labute approximate surface area is 172 Å². The number of rotatable bonds is 4. The normalized spacial score (nSPS) is 18.0. The Kier molecular flexibility index (Phi) is 5.94. The van der Waals surface area contributed by atoms with Crippen molar-refractivity contribution in [1.29, 1.82) is 0 Å². The van der Waals surface area contributed by atoms with Crippen molar-refractivity contribution in [2.75, 3.05) is 49.6 Å². The average molecular weight is 396 g/mol. The van der Waals surface area contributed by atoms with Crippen molar-refractivity contribution in [1.82, 2.24) is 14.9 Å². The lowest BCUT2D eigenvalue weighted by Gasteiger charge is -2.31. The van der Waals surface area contributed by atoms with Gasteiger partial charge in [0.05, 0.1) is 24.6 Å². The molecule has 2 aliphatic rings. The van der Waals surface area contributed by atoms with E-state index >= 15 is 0 Å². The number of benzene rings is 1. The Morgan fingerprint density at radius 2 is 1.83 bits per heavy atom. The summed E-state index contributed by atoms with van der Waals surface area (Å²) >= 11 is 0. The second kappa shape index (κ2) is 8.78. The molecule has 154 valence electrons. The fraction of sp³-hybridized carbons (Fsp3) is 0.500. The Morgan fingerprint density at radius 1 is 1.10 bits per heavy atom. The summed E-state index contributed by atoms with van der Waals surface area (Å²) in [5, 5.41) is 3.34. The maximum atomic E-state index is 13.0. The van der Waals surface area contributed by atoms with Gasteiger partial charge < -0.3 is 19.9 Å². The van der Waals surface area contributed by atoms with E-state index in [1.165, 1.54) is 0 Å². The molecule has 7 heteroatoms. The molecule has 0 atom stereocenters. The van der Waals surface area contributed by atoms with Crippen LogP contribution in [0.25, 0.3) is 0 Å². The van der Waals surface area contributed by atoms with Crippen molar-refractivity contribution in [3.05, 3.63) is 41.7 Å². The van der Waals surface area contributed by atoms with E-state index in [2.05, 4.69) is 33.2 Å². The molecule has 7 nitrogen and oxygen atoms in total. The van der Waals surface area contributed by atoms with Gasteiger partial charge in [-0.1, -0.05) is 19.1 Å². The highest BCUT2D eigenvalue weighted by Crippen LogP contribution is 2.28. The first-order chi connectivity index (χ1) is 14.1. The van der Waals surface area contributed by atoms with Gasteiger partial charge in [-0.2, -0.15) is 0 Å². The minimum absolute atomic E-state index is 0.00749. The first kappa shape index (κ1) is 19.6. The zero-order valence-electron chi connectivity index (χ0n) is 17.2. The summed E-state index contributed by atoms with van der Waals surface area (Å²) in [6, 6.07) is 9.90. The Morgan fingerprint density at radius 3 is 2.59 bits per heavy atom. The van der Waals surface area contributed by atoms with Gasteiger partial charge in [0.2, 0.25) is 5.95 Å². The molecule has 0 bridgehead atoms.